The number of methoxy groups -OCH3 is 1. The van der Waals surface area contributed by atoms with E-state index in [0.717, 1.165) is 61.7 Å². The minimum Gasteiger partial charge on any atom is -0.465 e. The first-order valence-electron chi connectivity index (χ1n) is 19.9. The Labute approximate surface area is 324 Å². The van der Waals surface area contributed by atoms with E-state index in [1.165, 1.54) is 7.11 Å². The van der Waals surface area contributed by atoms with Crippen molar-refractivity contribution in [3.05, 3.63) is 53.6 Å². The van der Waals surface area contributed by atoms with Gasteiger partial charge in [0.05, 0.1) is 59.3 Å². The Hall–Kier alpha value is -2.57. The zero-order chi connectivity index (χ0) is 39.6. The van der Waals surface area contributed by atoms with Gasteiger partial charge in [-0.15, -0.1) is 0 Å². The summed E-state index contributed by atoms with van der Waals surface area (Å²) in [5.74, 6) is -0.444. The first-order valence-corrected chi connectivity index (χ1v) is 21.6. The molecule has 4 rings (SSSR count). The molecule has 2 fully saturated rings. The van der Waals surface area contributed by atoms with Crippen LogP contribution in [0.2, 0.25) is 0 Å². The normalized spacial score (nSPS) is 28.3. The molecule has 2 unspecified atom stereocenters. The number of carbonyl (C=O) groups is 2. The molecule has 2 saturated heterocycles. The lowest BCUT2D eigenvalue weighted by Crippen LogP contribution is -2.38. The van der Waals surface area contributed by atoms with Crippen LogP contribution in [-0.2, 0) is 47.8 Å². The van der Waals surface area contributed by atoms with E-state index in [1.807, 2.05) is 26.8 Å². The van der Waals surface area contributed by atoms with Gasteiger partial charge in [-0.1, -0.05) is 57.5 Å². The van der Waals surface area contributed by atoms with Crippen LogP contribution in [0.1, 0.15) is 106 Å². The molecule has 0 radical (unpaired) electrons. The van der Waals surface area contributed by atoms with E-state index in [0.29, 0.717) is 30.3 Å². The van der Waals surface area contributed by atoms with Gasteiger partial charge in [-0.05, 0) is 108 Å². The smallest absolute Gasteiger partial charge is 0.332 e. The summed E-state index contributed by atoms with van der Waals surface area (Å²) in [6.07, 6.45) is 5.80. The molecule has 0 aromatic heterocycles. The van der Waals surface area contributed by atoms with Gasteiger partial charge in [-0.3, -0.25) is 4.79 Å². The molecule has 0 bridgehead atoms. The van der Waals surface area contributed by atoms with Crippen LogP contribution in [0.4, 0.5) is 0 Å². The monoisotopic (exact) mass is 774 g/mol. The van der Waals surface area contributed by atoms with Crippen molar-refractivity contribution in [1.82, 2.24) is 0 Å². The van der Waals surface area contributed by atoms with Crippen LogP contribution >= 0.6 is 0 Å². The maximum Gasteiger partial charge on any atom is 0.332 e. The average molecular weight is 775 g/mol. The van der Waals surface area contributed by atoms with Crippen LogP contribution in [0.5, 0.6) is 0 Å². The summed E-state index contributed by atoms with van der Waals surface area (Å²) in [6, 6.07) is 8.64. The van der Waals surface area contributed by atoms with E-state index < -0.39 is 27.3 Å². The lowest BCUT2D eigenvalue weighted by molar-refractivity contribution is -0.153. The van der Waals surface area contributed by atoms with Gasteiger partial charge < -0.3 is 28.4 Å². The Morgan fingerprint density at radius 1 is 0.963 bits per heavy atom. The number of hydrogen-bond donors (Lipinski definition) is 0. The molecule has 10 nitrogen and oxygen atoms in total. The molecule has 54 heavy (non-hydrogen) atoms. The van der Waals surface area contributed by atoms with Crippen LogP contribution in [0.25, 0.3) is 0 Å². The maximum atomic E-state index is 13.8. The van der Waals surface area contributed by atoms with E-state index in [9.17, 15) is 18.0 Å². The molecule has 304 valence electrons. The first kappa shape index (κ1) is 44.1. The predicted molar refractivity (Wildman–Crippen MR) is 209 cm³/mol. The fourth-order valence-corrected chi connectivity index (χ4v) is 9.65. The third-order valence-corrected chi connectivity index (χ3v) is 13.2. The van der Waals surface area contributed by atoms with Crippen molar-refractivity contribution in [3.8, 4) is 0 Å². The zero-order valence-electron chi connectivity index (χ0n) is 34.0. The average Bonchev–Trinajstić information content (AvgIpc) is 3.61. The SMILES string of the molecule is C=C1C[C@H](CCCOC(=O)C(C)(C)C)OC1CC[C@H]1CC(C)=C(COC(=O)COC)C(C[C@@H]2O[C@H](C[C@H](C)CC)[C@H](C)[C@H]2CS(=O)(=O)c2ccccc2)O1. The van der Waals surface area contributed by atoms with Crippen molar-refractivity contribution in [2.75, 3.05) is 32.7 Å². The van der Waals surface area contributed by atoms with Gasteiger partial charge in [0.25, 0.3) is 0 Å². The summed E-state index contributed by atoms with van der Waals surface area (Å²) in [5, 5.41) is 0. The molecule has 11 heteroatoms. The Morgan fingerprint density at radius 3 is 2.31 bits per heavy atom. The van der Waals surface area contributed by atoms with E-state index in [-0.39, 0.29) is 67.3 Å². The van der Waals surface area contributed by atoms with Gasteiger partial charge in [0, 0.05) is 19.4 Å². The summed E-state index contributed by atoms with van der Waals surface area (Å²) in [4.78, 5) is 24.8. The molecule has 3 aliphatic heterocycles. The molecular weight excluding hydrogens is 709 g/mol. The second-order valence-electron chi connectivity index (χ2n) is 16.9. The van der Waals surface area contributed by atoms with E-state index in [1.54, 1.807) is 24.3 Å². The highest BCUT2D eigenvalue weighted by atomic mass is 32.2. The molecule has 9 atom stereocenters. The Kier molecular flexibility index (Phi) is 16.4. The summed E-state index contributed by atoms with van der Waals surface area (Å²) in [6.45, 7) is 18.7. The topological polar surface area (TPSA) is 124 Å². The third-order valence-electron chi connectivity index (χ3n) is 11.4. The zero-order valence-corrected chi connectivity index (χ0v) is 34.8. The van der Waals surface area contributed by atoms with E-state index in [4.69, 9.17) is 28.4 Å². The fraction of sp³-hybridized carbons (Fsp3) is 0.721. The van der Waals surface area contributed by atoms with Crippen LogP contribution in [-0.4, -0.2) is 89.7 Å². The standard InChI is InChI=1S/C43H66O10S/c1-10-28(2)21-38-31(5)36(27-54(46,47)34-16-12-11-13-17-34)40(53-38)24-39-35(25-50-41(44)26-48-9)29(3)22-33(52-39)18-19-37-30(4)23-32(51-37)15-14-20-49-42(45)43(6,7)8/h11-13,16-17,28,31-33,36-40H,4,10,14-15,18-27H2,1-3,5-9H3/t28-,31-,32+,33+,36-,37?,38-,39?,40+/m1/s1. The number of sulfone groups is 1. The third kappa shape index (κ3) is 12.5. The number of rotatable bonds is 19. The number of ether oxygens (including phenoxy) is 6. The van der Waals surface area contributed by atoms with Crippen molar-refractivity contribution in [3.63, 3.8) is 0 Å². The minimum atomic E-state index is -3.58. The highest BCUT2D eigenvalue weighted by molar-refractivity contribution is 7.91. The van der Waals surface area contributed by atoms with Crippen molar-refractivity contribution in [2.24, 2.45) is 23.2 Å². The number of esters is 2. The Bertz CT molecular complexity index is 1530. The van der Waals surface area contributed by atoms with Crippen LogP contribution < -0.4 is 0 Å². The molecule has 0 spiro atoms. The lowest BCUT2D eigenvalue weighted by Gasteiger charge is -2.36. The van der Waals surface area contributed by atoms with Crippen molar-refractivity contribution < 1.29 is 46.4 Å². The van der Waals surface area contributed by atoms with Gasteiger partial charge in [0.15, 0.2) is 9.84 Å². The van der Waals surface area contributed by atoms with E-state index in [2.05, 4.69) is 34.3 Å². The number of carbonyl (C=O) groups excluding carboxylic acids is 2. The molecule has 0 amide bonds. The fourth-order valence-electron chi connectivity index (χ4n) is 7.86. The molecule has 3 heterocycles. The quantitative estimate of drug-likeness (QED) is 0.0781. The first-order chi connectivity index (χ1) is 25.5. The molecular formula is C43H66O10S. The Balaban J connectivity index is 1.46. The molecule has 1 aromatic rings. The van der Waals surface area contributed by atoms with Crippen LogP contribution in [0, 0.1) is 23.2 Å². The molecule has 1 aromatic carbocycles. The second kappa shape index (κ2) is 20.0. The molecule has 0 saturated carbocycles. The van der Waals surface area contributed by atoms with Gasteiger partial charge >= 0.3 is 11.9 Å². The molecule has 0 aliphatic carbocycles. The van der Waals surface area contributed by atoms with Gasteiger partial charge in [0.2, 0.25) is 0 Å². The largest absolute Gasteiger partial charge is 0.465 e. The summed E-state index contributed by atoms with van der Waals surface area (Å²) in [5.41, 5.74) is 2.55. The highest BCUT2D eigenvalue weighted by Crippen LogP contribution is 2.42. The van der Waals surface area contributed by atoms with Gasteiger partial charge in [-0.25, -0.2) is 13.2 Å². The van der Waals surface area contributed by atoms with E-state index >= 15 is 0 Å². The summed E-state index contributed by atoms with van der Waals surface area (Å²) < 4.78 is 63.7. The summed E-state index contributed by atoms with van der Waals surface area (Å²) in [7, 11) is -2.12. The van der Waals surface area contributed by atoms with Crippen LogP contribution in [0.15, 0.2) is 58.5 Å². The minimum absolute atomic E-state index is 0.0157. The highest BCUT2D eigenvalue weighted by Gasteiger charge is 2.46. The lowest BCUT2D eigenvalue weighted by atomic mass is 9.83. The second-order valence-corrected chi connectivity index (χ2v) is 18.9. The van der Waals surface area contributed by atoms with Gasteiger partial charge in [0.1, 0.15) is 13.2 Å². The molecule has 0 N–H and O–H groups in total. The molecule has 3 aliphatic rings. The number of benzene rings is 1. The van der Waals surface area contributed by atoms with Crippen LogP contribution in [0.3, 0.4) is 0 Å². The van der Waals surface area contributed by atoms with Crippen molar-refractivity contribution >= 4 is 21.8 Å². The maximum absolute atomic E-state index is 13.8. The summed E-state index contributed by atoms with van der Waals surface area (Å²) >= 11 is 0. The number of hydrogen-bond acceptors (Lipinski definition) is 10. The van der Waals surface area contributed by atoms with Crippen molar-refractivity contribution in [2.45, 2.75) is 148 Å². The van der Waals surface area contributed by atoms with Crippen molar-refractivity contribution in [1.29, 1.82) is 0 Å². The van der Waals surface area contributed by atoms with Gasteiger partial charge in [-0.2, -0.15) is 0 Å². The Morgan fingerprint density at radius 2 is 1.65 bits per heavy atom. The predicted octanol–water partition coefficient (Wildman–Crippen LogP) is 7.83.